The average molecular weight is 425 g/mol. The molecule has 3 aromatic carbocycles. The summed E-state index contributed by atoms with van der Waals surface area (Å²) < 4.78 is 42.4. The molecule has 0 aliphatic carbocycles. The predicted molar refractivity (Wildman–Crippen MR) is 113 cm³/mol. The summed E-state index contributed by atoms with van der Waals surface area (Å²) in [4.78, 5) is 26.7. The Morgan fingerprint density at radius 1 is 0.867 bits per heavy atom. The van der Waals surface area contributed by atoms with E-state index in [1.54, 1.807) is 18.2 Å². The second kappa shape index (κ2) is 7.27. The molecule has 1 heterocycles. The number of aryl methyl sites for hydroxylation is 1. The molecule has 0 bridgehead atoms. The van der Waals surface area contributed by atoms with Crippen LogP contribution in [-0.2, 0) is 10.0 Å². The van der Waals surface area contributed by atoms with E-state index in [-0.39, 0.29) is 16.7 Å². The zero-order chi connectivity index (χ0) is 21.5. The third kappa shape index (κ3) is 3.62. The quantitative estimate of drug-likeness (QED) is 0.436. The highest BCUT2D eigenvalue weighted by Crippen LogP contribution is 2.28. The fourth-order valence-electron chi connectivity index (χ4n) is 3.20. The van der Waals surface area contributed by atoms with E-state index >= 15 is 0 Å². The lowest BCUT2D eigenvalue weighted by atomic mass is 10.0. The van der Waals surface area contributed by atoms with E-state index in [2.05, 4.69) is 14.7 Å². The van der Waals surface area contributed by atoms with Crippen LogP contribution in [0.1, 0.15) is 5.56 Å². The Hall–Kier alpha value is -3.72. The van der Waals surface area contributed by atoms with Crippen LogP contribution >= 0.6 is 0 Å². The number of sulfonamides is 1. The third-order valence-corrected chi connectivity index (χ3v) is 6.02. The Morgan fingerprint density at radius 3 is 2.13 bits per heavy atom. The van der Waals surface area contributed by atoms with Crippen LogP contribution in [0.15, 0.2) is 75.1 Å². The fourth-order valence-corrected chi connectivity index (χ4v) is 4.34. The van der Waals surface area contributed by atoms with Gasteiger partial charge in [0.05, 0.1) is 11.0 Å². The van der Waals surface area contributed by atoms with Gasteiger partial charge in [-0.15, -0.1) is 0 Å². The van der Waals surface area contributed by atoms with Gasteiger partial charge in [0.2, 0.25) is 0 Å². The lowest BCUT2D eigenvalue weighted by molar-refractivity contribution is 0.571. The van der Waals surface area contributed by atoms with Crippen molar-refractivity contribution in [3.05, 3.63) is 92.8 Å². The average Bonchev–Trinajstić information content (AvgIpc) is 2.69. The van der Waals surface area contributed by atoms with Crippen LogP contribution in [-0.4, -0.2) is 18.4 Å². The number of benzene rings is 3. The topological polar surface area (TPSA) is 112 Å². The van der Waals surface area contributed by atoms with E-state index in [4.69, 9.17) is 0 Å². The minimum atomic E-state index is -4.29. The summed E-state index contributed by atoms with van der Waals surface area (Å²) in [6.07, 6.45) is 0. The van der Waals surface area contributed by atoms with Gasteiger partial charge in [-0.1, -0.05) is 36.4 Å². The smallest absolute Gasteiger partial charge is 0.314 e. The van der Waals surface area contributed by atoms with Crippen LogP contribution in [0.5, 0.6) is 0 Å². The second-order valence-electron chi connectivity index (χ2n) is 6.74. The first-order valence-electron chi connectivity index (χ1n) is 8.89. The molecule has 4 aromatic rings. The molecular weight excluding hydrogens is 409 g/mol. The van der Waals surface area contributed by atoms with Crippen LogP contribution in [0.2, 0.25) is 0 Å². The van der Waals surface area contributed by atoms with Crippen LogP contribution in [0.3, 0.4) is 0 Å². The van der Waals surface area contributed by atoms with Crippen molar-refractivity contribution in [1.82, 2.24) is 9.97 Å². The van der Waals surface area contributed by atoms with Crippen molar-refractivity contribution in [1.29, 1.82) is 0 Å². The largest absolute Gasteiger partial charge is 0.316 e. The molecule has 7 nitrogen and oxygen atoms in total. The molecule has 152 valence electrons. The molecule has 0 radical (unpaired) electrons. The van der Waals surface area contributed by atoms with Crippen LogP contribution in [0.4, 0.5) is 10.1 Å². The Labute approximate surface area is 170 Å². The molecule has 0 saturated carbocycles. The van der Waals surface area contributed by atoms with Gasteiger partial charge in [-0.05, 0) is 41.8 Å². The Morgan fingerprint density at radius 2 is 1.50 bits per heavy atom. The first-order chi connectivity index (χ1) is 14.2. The molecule has 0 aliphatic rings. The maximum Gasteiger partial charge on any atom is 0.314 e. The van der Waals surface area contributed by atoms with Crippen molar-refractivity contribution in [2.45, 2.75) is 11.8 Å². The number of hydrogen-bond donors (Lipinski definition) is 3. The number of fused-ring (bicyclic) bond motifs is 1. The summed E-state index contributed by atoms with van der Waals surface area (Å²) in [7, 11) is -4.29. The number of aromatic nitrogens is 2. The van der Waals surface area contributed by atoms with E-state index in [9.17, 15) is 22.4 Å². The van der Waals surface area contributed by atoms with Gasteiger partial charge < -0.3 is 9.97 Å². The van der Waals surface area contributed by atoms with Crippen molar-refractivity contribution in [3.8, 4) is 11.1 Å². The summed E-state index contributed by atoms with van der Waals surface area (Å²) in [5.74, 6) is -1.06. The van der Waals surface area contributed by atoms with Gasteiger partial charge in [0.1, 0.15) is 10.7 Å². The lowest BCUT2D eigenvalue weighted by Crippen LogP contribution is -2.29. The Kier molecular flexibility index (Phi) is 4.75. The van der Waals surface area contributed by atoms with Crippen molar-refractivity contribution < 1.29 is 12.8 Å². The molecule has 0 atom stereocenters. The molecular formula is C21H16FN3O4S. The second-order valence-corrected chi connectivity index (χ2v) is 8.39. The van der Waals surface area contributed by atoms with E-state index in [0.717, 1.165) is 28.8 Å². The Balaban J connectivity index is 1.72. The van der Waals surface area contributed by atoms with Gasteiger partial charge in [-0.3, -0.25) is 14.3 Å². The van der Waals surface area contributed by atoms with Crippen molar-refractivity contribution in [2.24, 2.45) is 0 Å². The molecule has 9 heteroatoms. The molecule has 30 heavy (non-hydrogen) atoms. The Bertz CT molecular complexity index is 1490. The summed E-state index contributed by atoms with van der Waals surface area (Å²) in [6.45, 7) is 1.85. The zero-order valence-electron chi connectivity index (χ0n) is 15.7. The number of anilines is 1. The molecule has 0 fully saturated rings. The number of rotatable bonds is 4. The molecule has 3 N–H and O–H groups in total. The standard InChI is InChI=1S/C21H16FN3O4S/c1-12-9-14(7-8-15(12)13-5-3-2-4-6-13)25-30(28,29)19-11-18-17(10-16(19)22)23-20(26)21(27)24-18/h2-11,25H,1H3,(H,23,26)(H,24,27). The van der Waals surface area contributed by atoms with Crippen molar-refractivity contribution >= 4 is 26.7 Å². The SMILES string of the molecule is Cc1cc(NS(=O)(=O)c2cc3[nH]c(=O)c(=O)[nH]c3cc2F)ccc1-c1ccccc1. The first-order valence-corrected chi connectivity index (χ1v) is 10.4. The molecule has 0 saturated heterocycles. The maximum absolute atomic E-state index is 14.5. The number of nitrogens with one attached hydrogen (secondary N) is 3. The number of aromatic amines is 2. The highest BCUT2D eigenvalue weighted by atomic mass is 32.2. The van der Waals surface area contributed by atoms with E-state index in [0.29, 0.717) is 0 Å². The summed E-state index contributed by atoms with van der Waals surface area (Å²) in [5.41, 5.74) is 1.10. The van der Waals surface area contributed by atoms with Gasteiger partial charge in [0.25, 0.3) is 10.0 Å². The predicted octanol–water partition coefficient (Wildman–Crippen LogP) is 3.13. The number of H-pyrrole nitrogens is 2. The minimum absolute atomic E-state index is 0.00280. The molecule has 0 spiro atoms. The van der Waals surface area contributed by atoms with E-state index < -0.39 is 31.9 Å². The van der Waals surface area contributed by atoms with Crippen LogP contribution < -0.4 is 15.8 Å². The molecule has 0 aliphatic heterocycles. The lowest BCUT2D eigenvalue weighted by Gasteiger charge is -2.12. The minimum Gasteiger partial charge on any atom is -0.316 e. The summed E-state index contributed by atoms with van der Waals surface area (Å²) >= 11 is 0. The summed E-state index contributed by atoms with van der Waals surface area (Å²) in [6, 6.07) is 16.5. The van der Waals surface area contributed by atoms with Gasteiger partial charge in [0.15, 0.2) is 0 Å². The molecule has 0 unspecified atom stereocenters. The molecule has 1 aromatic heterocycles. The van der Waals surface area contributed by atoms with Crippen LogP contribution in [0.25, 0.3) is 22.2 Å². The highest BCUT2D eigenvalue weighted by Gasteiger charge is 2.21. The van der Waals surface area contributed by atoms with Crippen molar-refractivity contribution in [2.75, 3.05) is 4.72 Å². The van der Waals surface area contributed by atoms with Gasteiger partial charge in [0, 0.05) is 11.8 Å². The van der Waals surface area contributed by atoms with Gasteiger partial charge >= 0.3 is 11.1 Å². The number of hydrogen-bond acceptors (Lipinski definition) is 4. The zero-order valence-corrected chi connectivity index (χ0v) is 16.5. The third-order valence-electron chi connectivity index (χ3n) is 4.63. The molecule has 4 rings (SSSR count). The molecule has 0 amide bonds. The maximum atomic E-state index is 14.5. The monoisotopic (exact) mass is 425 g/mol. The summed E-state index contributed by atoms with van der Waals surface area (Å²) in [5, 5.41) is 0. The highest BCUT2D eigenvalue weighted by molar-refractivity contribution is 7.92. The van der Waals surface area contributed by atoms with Gasteiger partial charge in [-0.25, -0.2) is 12.8 Å². The van der Waals surface area contributed by atoms with Crippen LogP contribution in [0, 0.1) is 12.7 Å². The normalized spacial score (nSPS) is 11.5. The van der Waals surface area contributed by atoms with Crippen molar-refractivity contribution in [3.63, 3.8) is 0 Å². The van der Waals surface area contributed by atoms with E-state index in [1.807, 2.05) is 37.3 Å². The van der Waals surface area contributed by atoms with Gasteiger partial charge in [-0.2, -0.15) is 0 Å². The number of halogens is 1. The fraction of sp³-hybridized carbons (Fsp3) is 0.0476. The first kappa shape index (κ1) is 19.6. The van der Waals surface area contributed by atoms with E-state index in [1.165, 1.54) is 0 Å².